The van der Waals surface area contributed by atoms with Crippen molar-refractivity contribution in [1.29, 1.82) is 0 Å². The molecule has 0 unspecified atom stereocenters. The Kier molecular flexibility index (Phi) is 5.55. The number of nitrogens with zero attached hydrogens (tertiary/aromatic N) is 1. The molecule has 0 fully saturated rings. The van der Waals surface area contributed by atoms with Gasteiger partial charge in [0.2, 0.25) is 6.79 Å². The topological polar surface area (TPSA) is 69.7 Å². The molecular formula is C21H20N2O4S. The molecule has 1 aliphatic rings. The Balaban J connectivity index is 1.60. The molecule has 0 aliphatic carbocycles. The van der Waals surface area contributed by atoms with E-state index in [9.17, 15) is 4.79 Å². The van der Waals surface area contributed by atoms with Crippen LogP contribution in [0.5, 0.6) is 11.5 Å². The third-order valence-electron chi connectivity index (χ3n) is 4.29. The Morgan fingerprint density at radius 3 is 2.82 bits per heavy atom. The minimum atomic E-state index is -0.187. The van der Waals surface area contributed by atoms with Gasteiger partial charge < -0.3 is 19.5 Å². The van der Waals surface area contributed by atoms with Gasteiger partial charge in [-0.15, -0.1) is 11.3 Å². The van der Waals surface area contributed by atoms with Gasteiger partial charge in [0.05, 0.1) is 10.7 Å². The minimum Gasteiger partial charge on any atom is -0.454 e. The zero-order valence-corrected chi connectivity index (χ0v) is 16.3. The molecule has 0 radical (unpaired) electrons. The lowest BCUT2D eigenvalue weighted by Gasteiger charge is -2.06. The number of rotatable bonds is 7. The second-order valence-corrected chi connectivity index (χ2v) is 7.35. The minimum absolute atomic E-state index is 0.187. The highest BCUT2D eigenvalue weighted by Gasteiger charge is 2.21. The van der Waals surface area contributed by atoms with Gasteiger partial charge in [-0.3, -0.25) is 4.79 Å². The number of hydrogen-bond acceptors (Lipinski definition) is 6. The molecule has 3 aromatic rings. The van der Waals surface area contributed by atoms with Gasteiger partial charge in [-0.1, -0.05) is 30.3 Å². The van der Waals surface area contributed by atoms with Crippen LogP contribution in [0, 0.1) is 0 Å². The Bertz CT molecular complexity index is 972. The second-order valence-electron chi connectivity index (χ2n) is 6.27. The van der Waals surface area contributed by atoms with Gasteiger partial charge in [-0.25, -0.2) is 4.98 Å². The van der Waals surface area contributed by atoms with Crippen LogP contribution in [0.4, 0.5) is 5.69 Å². The highest BCUT2D eigenvalue weighted by Crippen LogP contribution is 2.35. The normalized spacial score (nSPS) is 12.2. The Labute approximate surface area is 167 Å². The summed E-state index contributed by atoms with van der Waals surface area (Å²) in [4.78, 5) is 18.3. The summed E-state index contributed by atoms with van der Waals surface area (Å²) < 4.78 is 15.8. The maximum Gasteiger partial charge on any atom is 0.268 e. The average Bonchev–Trinajstić information content (AvgIpc) is 3.35. The lowest BCUT2D eigenvalue weighted by Crippen LogP contribution is -2.11. The SMILES string of the molecule is COCCCc1nc(-c2ccccc2)c(C(=O)Nc2ccc3c(c2)OCO3)s1. The molecule has 1 aliphatic heterocycles. The highest BCUT2D eigenvalue weighted by molar-refractivity contribution is 7.14. The van der Waals surface area contributed by atoms with E-state index in [1.807, 2.05) is 30.3 Å². The van der Waals surface area contributed by atoms with Crippen molar-refractivity contribution in [2.24, 2.45) is 0 Å². The van der Waals surface area contributed by atoms with E-state index in [1.165, 1.54) is 11.3 Å². The van der Waals surface area contributed by atoms with E-state index in [4.69, 9.17) is 19.2 Å². The number of aryl methyl sites for hydroxylation is 1. The van der Waals surface area contributed by atoms with Gasteiger partial charge in [0, 0.05) is 37.5 Å². The standard InChI is InChI=1S/C21H20N2O4S/c1-25-11-5-8-18-23-19(14-6-3-2-4-7-14)20(28-18)21(24)22-15-9-10-16-17(12-15)27-13-26-16/h2-4,6-7,9-10,12H,5,8,11,13H2,1H3,(H,22,24). The van der Waals surface area contributed by atoms with E-state index < -0.39 is 0 Å². The molecule has 0 saturated carbocycles. The maximum atomic E-state index is 13.0. The van der Waals surface area contributed by atoms with Crippen molar-refractivity contribution in [2.75, 3.05) is 25.8 Å². The number of thiazole rings is 1. The summed E-state index contributed by atoms with van der Waals surface area (Å²) in [5, 5.41) is 3.87. The van der Waals surface area contributed by atoms with E-state index in [0.717, 1.165) is 23.4 Å². The van der Waals surface area contributed by atoms with Crippen molar-refractivity contribution < 1.29 is 19.0 Å². The van der Waals surface area contributed by atoms with Gasteiger partial charge in [0.15, 0.2) is 11.5 Å². The van der Waals surface area contributed by atoms with Crippen molar-refractivity contribution >= 4 is 22.9 Å². The average molecular weight is 396 g/mol. The Morgan fingerprint density at radius 1 is 1.18 bits per heavy atom. The third kappa shape index (κ3) is 4.00. The van der Waals surface area contributed by atoms with E-state index in [2.05, 4.69) is 5.32 Å². The molecule has 28 heavy (non-hydrogen) atoms. The fourth-order valence-corrected chi connectivity index (χ4v) is 3.97. The van der Waals surface area contributed by atoms with Crippen LogP contribution in [0.3, 0.4) is 0 Å². The quantitative estimate of drug-likeness (QED) is 0.601. The molecule has 6 nitrogen and oxygen atoms in total. The Morgan fingerprint density at radius 2 is 2.00 bits per heavy atom. The first-order chi connectivity index (χ1) is 13.7. The van der Waals surface area contributed by atoms with E-state index in [1.54, 1.807) is 25.3 Å². The number of carbonyl (C=O) groups is 1. The van der Waals surface area contributed by atoms with Crippen LogP contribution >= 0.6 is 11.3 Å². The van der Waals surface area contributed by atoms with Crippen LogP contribution in [-0.4, -0.2) is 31.4 Å². The fraction of sp³-hybridized carbons (Fsp3) is 0.238. The lowest BCUT2D eigenvalue weighted by atomic mass is 10.1. The zero-order valence-electron chi connectivity index (χ0n) is 15.4. The zero-order chi connectivity index (χ0) is 19.3. The molecule has 7 heteroatoms. The smallest absolute Gasteiger partial charge is 0.268 e. The van der Waals surface area contributed by atoms with Gasteiger partial charge >= 0.3 is 0 Å². The maximum absolute atomic E-state index is 13.0. The van der Waals surface area contributed by atoms with Crippen LogP contribution in [-0.2, 0) is 11.2 Å². The second kappa shape index (κ2) is 8.41. The number of benzene rings is 2. The predicted octanol–water partition coefficient (Wildman–Crippen LogP) is 4.37. The molecule has 0 spiro atoms. The molecule has 0 bridgehead atoms. The van der Waals surface area contributed by atoms with Crippen LogP contribution in [0.25, 0.3) is 11.3 Å². The molecule has 144 valence electrons. The molecule has 0 atom stereocenters. The van der Waals surface area contributed by atoms with Gasteiger partial charge in [-0.2, -0.15) is 0 Å². The summed E-state index contributed by atoms with van der Waals surface area (Å²) in [5.41, 5.74) is 2.28. The summed E-state index contributed by atoms with van der Waals surface area (Å²) in [6, 6.07) is 15.1. The number of nitrogens with one attached hydrogen (secondary N) is 1. The number of hydrogen-bond donors (Lipinski definition) is 1. The van der Waals surface area contributed by atoms with Crippen molar-refractivity contribution in [3.63, 3.8) is 0 Å². The van der Waals surface area contributed by atoms with E-state index in [-0.39, 0.29) is 12.7 Å². The molecule has 2 heterocycles. The van der Waals surface area contributed by atoms with Crippen LogP contribution in [0.15, 0.2) is 48.5 Å². The number of fused-ring (bicyclic) bond motifs is 1. The number of anilines is 1. The third-order valence-corrected chi connectivity index (χ3v) is 5.41. The number of carbonyl (C=O) groups excluding carboxylic acids is 1. The van der Waals surface area contributed by atoms with E-state index >= 15 is 0 Å². The van der Waals surface area contributed by atoms with Gasteiger partial charge in [0.25, 0.3) is 5.91 Å². The van der Waals surface area contributed by atoms with Crippen molar-refractivity contribution in [2.45, 2.75) is 12.8 Å². The van der Waals surface area contributed by atoms with Crippen molar-refractivity contribution in [1.82, 2.24) is 4.98 Å². The molecule has 1 N–H and O–H groups in total. The summed E-state index contributed by atoms with van der Waals surface area (Å²) in [5.74, 6) is 1.13. The van der Waals surface area contributed by atoms with Crippen LogP contribution < -0.4 is 14.8 Å². The summed E-state index contributed by atoms with van der Waals surface area (Å²) in [6.45, 7) is 0.865. The molecular weight excluding hydrogens is 376 g/mol. The molecule has 2 aromatic carbocycles. The van der Waals surface area contributed by atoms with E-state index in [0.29, 0.717) is 34.4 Å². The first kappa shape index (κ1) is 18.5. The van der Waals surface area contributed by atoms with Crippen LogP contribution in [0.2, 0.25) is 0 Å². The van der Waals surface area contributed by atoms with Crippen molar-refractivity contribution in [3.8, 4) is 22.8 Å². The largest absolute Gasteiger partial charge is 0.454 e. The molecule has 0 saturated heterocycles. The summed E-state index contributed by atoms with van der Waals surface area (Å²) >= 11 is 1.42. The highest BCUT2D eigenvalue weighted by atomic mass is 32.1. The molecule has 1 amide bonds. The molecule has 4 rings (SSSR count). The summed E-state index contributed by atoms with van der Waals surface area (Å²) in [7, 11) is 1.68. The monoisotopic (exact) mass is 396 g/mol. The first-order valence-corrected chi connectivity index (χ1v) is 9.81. The summed E-state index contributed by atoms with van der Waals surface area (Å²) in [6.07, 6.45) is 1.64. The fourth-order valence-electron chi connectivity index (χ4n) is 2.95. The molecule has 1 aromatic heterocycles. The number of ether oxygens (including phenoxy) is 3. The van der Waals surface area contributed by atoms with Crippen LogP contribution in [0.1, 0.15) is 21.1 Å². The Hall–Kier alpha value is -2.90. The number of aromatic nitrogens is 1. The first-order valence-electron chi connectivity index (χ1n) is 8.99. The van der Waals surface area contributed by atoms with Crippen molar-refractivity contribution in [3.05, 3.63) is 58.4 Å². The lowest BCUT2D eigenvalue weighted by molar-refractivity contribution is 0.103. The number of methoxy groups -OCH3 is 1. The van der Waals surface area contributed by atoms with Gasteiger partial charge in [0.1, 0.15) is 4.88 Å². The van der Waals surface area contributed by atoms with Gasteiger partial charge in [-0.05, 0) is 18.6 Å². The predicted molar refractivity (Wildman–Crippen MR) is 108 cm³/mol. The number of amides is 1.